The normalized spacial score (nSPS) is 10.6. The highest BCUT2D eigenvalue weighted by Gasteiger charge is 2.02. The smallest absolute Gasteiger partial charge is 0.407 e. The van der Waals surface area contributed by atoms with Crippen molar-refractivity contribution in [1.29, 1.82) is 0 Å². The van der Waals surface area contributed by atoms with Gasteiger partial charge in [-0.1, -0.05) is 6.07 Å². The highest BCUT2D eigenvalue weighted by atomic mass is 16.5. The third-order valence-electron chi connectivity index (χ3n) is 2.78. The molecule has 0 saturated carbocycles. The number of hydrogen-bond donors (Lipinski definition) is 2. The minimum absolute atomic E-state index is 0.351. The summed E-state index contributed by atoms with van der Waals surface area (Å²) in [4.78, 5) is 14.4. The molecule has 0 bridgehead atoms. The van der Waals surface area contributed by atoms with Crippen LogP contribution in [0.15, 0.2) is 24.3 Å². The number of nitrogens with one attached hydrogen (secondary N) is 2. The third kappa shape index (κ3) is 3.03. The number of carbonyl (C=O) groups is 1. The van der Waals surface area contributed by atoms with Gasteiger partial charge in [0.2, 0.25) is 0 Å². The monoisotopic (exact) mass is 246 g/mol. The lowest BCUT2D eigenvalue weighted by atomic mass is 10.1. The second-order valence-electron chi connectivity index (χ2n) is 4.27. The van der Waals surface area contributed by atoms with Crippen LogP contribution < -0.4 is 5.32 Å². The van der Waals surface area contributed by atoms with E-state index in [2.05, 4.69) is 34.6 Å². The van der Waals surface area contributed by atoms with Crippen molar-refractivity contribution < 1.29 is 9.53 Å². The molecule has 1 heterocycles. The summed E-state index contributed by atoms with van der Waals surface area (Å²) in [6.45, 7) is 4.83. The lowest BCUT2D eigenvalue weighted by Crippen LogP contribution is -2.26. The van der Waals surface area contributed by atoms with Crippen LogP contribution in [0.1, 0.15) is 18.2 Å². The van der Waals surface area contributed by atoms with Gasteiger partial charge in [0.25, 0.3) is 0 Å². The molecule has 0 radical (unpaired) electrons. The van der Waals surface area contributed by atoms with Crippen LogP contribution in [0.2, 0.25) is 0 Å². The summed E-state index contributed by atoms with van der Waals surface area (Å²) in [5.41, 5.74) is 3.51. The van der Waals surface area contributed by atoms with Crippen molar-refractivity contribution in [3.63, 3.8) is 0 Å². The van der Waals surface area contributed by atoms with Gasteiger partial charge < -0.3 is 15.0 Å². The molecular weight excluding hydrogens is 228 g/mol. The van der Waals surface area contributed by atoms with Crippen molar-refractivity contribution in [2.75, 3.05) is 13.2 Å². The van der Waals surface area contributed by atoms with Crippen LogP contribution >= 0.6 is 0 Å². The van der Waals surface area contributed by atoms with Crippen molar-refractivity contribution >= 4 is 17.0 Å². The lowest BCUT2D eigenvalue weighted by molar-refractivity contribution is 0.152. The van der Waals surface area contributed by atoms with Gasteiger partial charge in [-0.25, -0.2) is 4.79 Å². The maximum atomic E-state index is 11.1. The summed E-state index contributed by atoms with van der Waals surface area (Å²) in [7, 11) is 0. The van der Waals surface area contributed by atoms with Gasteiger partial charge in [0.05, 0.1) is 6.61 Å². The lowest BCUT2D eigenvalue weighted by Gasteiger charge is -2.05. The molecule has 1 amide bonds. The zero-order valence-electron chi connectivity index (χ0n) is 10.7. The number of aryl methyl sites for hydroxylation is 1. The fourth-order valence-electron chi connectivity index (χ4n) is 1.97. The summed E-state index contributed by atoms with van der Waals surface area (Å²) < 4.78 is 4.80. The Morgan fingerprint density at radius 2 is 2.22 bits per heavy atom. The van der Waals surface area contributed by atoms with E-state index in [1.165, 1.54) is 10.9 Å². The molecule has 0 spiro atoms. The minimum atomic E-state index is -0.351. The van der Waals surface area contributed by atoms with E-state index in [-0.39, 0.29) is 6.09 Å². The predicted octanol–water partition coefficient (Wildman–Crippen LogP) is 2.76. The number of aromatic amines is 1. The van der Waals surface area contributed by atoms with Crippen LogP contribution in [0.5, 0.6) is 0 Å². The molecule has 18 heavy (non-hydrogen) atoms. The van der Waals surface area contributed by atoms with E-state index < -0.39 is 0 Å². The molecule has 0 fully saturated rings. The van der Waals surface area contributed by atoms with Crippen LogP contribution in [0.25, 0.3) is 10.9 Å². The van der Waals surface area contributed by atoms with E-state index in [0.29, 0.717) is 13.2 Å². The van der Waals surface area contributed by atoms with E-state index in [9.17, 15) is 4.79 Å². The molecule has 4 nitrogen and oxygen atoms in total. The first-order valence-electron chi connectivity index (χ1n) is 6.18. The summed E-state index contributed by atoms with van der Waals surface area (Å²) in [6.07, 6.45) is 0.454. The van der Waals surface area contributed by atoms with E-state index in [1.54, 1.807) is 6.92 Å². The molecule has 4 heteroatoms. The number of H-pyrrole nitrogens is 1. The highest BCUT2D eigenvalue weighted by Crippen LogP contribution is 2.16. The summed E-state index contributed by atoms with van der Waals surface area (Å²) in [6, 6.07) is 8.41. The molecule has 2 rings (SSSR count). The fourth-order valence-corrected chi connectivity index (χ4v) is 1.97. The van der Waals surface area contributed by atoms with Gasteiger partial charge >= 0.3 is 6.09 Å². The SMILES string of the molecule is CCOC(=O)NCCc1ccc2[nH]c(C)cc2c1. The van der Waals surface area contributed by atoms with Crippen LogP contribution in [0, 0.1) is 6.92 Å². The van der Waals surface area contributed by atoms with Gasteiger partial charge in [-0.3, -0.25) is 0 Å². The summed E-state index contributed by atoms with van der Waals surface area (Å²) in [5.74, 6) is 0. The standard InChI is InChI=1S/C14H18N2O2/c1-3-18-14(17)15-7-6-11-4-5-13-12(9-11)8-10(2)16-13/h4-5,8-9,16H,3,6-7H2,1-2H3,(H,15,17). The van der Waals surface area contributed by atoms with Crippen molar-refractivity contribution in [2.45, 2.75) is 20.3 Å². The maximum absolute atomic E-state index is 11.1. The van der Waals surface area contributed by atoms with Crippen LogP contribution in [-0.2, 0) is 11.2 Å². The number of benzene rings is 1. The Hall–Kier alpha value is -1.97. The number of alkyl carbamates (subject to hydrolysis) is 1. The molecule has 2 aromatic rings. The van der Waals surface area contributed by atoms with Crippen LogP contribution in [0.3, 0.4) is 0 Å². The zero-order valence-corrected chi connectivity index (χ0v) is 10.7. The van der Waals surface area contributed by atoms with Crippen LogP contribution in [0.4, 0.5) is 4.79 Å². The molecule has 0 aliphatic rings. The number of amides is 1. The molecule has 0 unspecified atom stereocenters. The van der Waals surface area contributed by atoms with Gasteiger partial charge in [-0.2, -0.15) is 0 Å². The number of hydrogen-bond acceptors (Lipinski definition) is 2. The first-order chi connectivity index (χ1) is 8.69. The van der Waals surface area contributed by atoms with Gasteiger partial charge in [0, 0.05) is 17.8 Å². The average Bonchev–Trinajstić information content (AvgIpc) is 2.69. The number of rotatable bonds is 4. The van der Waals surface area contributed by atoms with Gasteiger partial charge in [0.15, 0.2) is 0 Å². The molecule has 0 saturated heterocycles. The van der Waals surface area contributed by atoms with Crippen molar-refractivity contribution in [2.24, 2.45) is 0 Å². The van der Waals surface area contributed by atoms with Crippen LogP contribution in [-0.4, -0.2) is 24.2 Å². The van der Waals surface area contributed by atoms with E-state index in [1.807, 2.05) is 6.92 Å². The second kappa shape index (κ2) is 5.58. The maximum Gasteiger partial charge on any atom is 0.407 e. The van der Waals surface area contributed by atoms with Gasteiger partial charge in [-0.15, -0.1) is 0 Å². The Kier molecular flexibility index (Phi) is 3.87. The largest absolute Gasteiger partial charge is 0.450 e. The topological polar surface area (TPSA) is 54.1 Å². The molecule has 0 atom stereocenters. The first-order valence-corrected chi connectivity index (χ1v) is 6.18. The average molecular weight is 246 g/mol. The number of fused-ring (bicyclic) bond motifs is 1. The Balaban J connectivity index is 1.93. The summed E-state index contributed by atoms with van der Waals surface area (Å²) >= 11 is 0. The Bertz CT molecular complexity index is 546. The minimum Gasteiger partial charge on any atom is -0.450 e. The predicted molar refractivity (Wildman–Crippen MR) is 71.8 cm³/mol. The number of carbonyl (C=O) groups excluding carboxylic acids is 1. The fraction of sp³-hybridized carbons (Fsp3) is 0.357. The number of aromatic nitrogens is 1. The zero-order chi connectivity index (χ0) is 13.0. The molecular formula is C14H18N2O2. The molecule has 0 aliphatic carbocycles. The van der Waals surface area contributed by atoms with Crippen molar-refractivity contribution in [3.8, 4) is 0 Å². The molecule has 1 aromatic heterocycles. The number of ether oxygens (including phenoxy) is 1. The van der Waals surface area contributed by atoms with E-state index in [4.69, 9.17) is 4.74 Å². The Morgan fingerprint density at radius 1 is 1.39 bits per heavy atom. The van der Waals surface area contributed by atoms with Gasteiger partial charge in [-0.05, 0) is 49.4 Å². The summed E-state index contributed by atoms with van der Waals surface area (Å²) in [5, 5.41) is 3.93. The van der Waals surface area contributed by atoms with E-state index in [0.717, 1.165) is 17.6 Å². The highest BCUT2D eigenvalue weighted by molar-refractivity contribution is 5.81. The van der Waals surface area contributed by atoms with Crippen molar-refractivity contribution in [1.82, 2.24) is 10.3 Å². The molecule has 2 N–H and O–H groups in total. The molecule has 1 aromatic carbocycles. The quantitative estimate of drug-likeness (QED) is 0.871. The Morgan fingerprint density at radius 3 is 3.00 bits per heavy atom. The molecule has 0 aliphatic heterocycles. The second-order valence-corrected chi connectivity index (χ2v) is 4.27. The first kappa shape index (κ1) is 12.5. The Labute approximate surface area is 106 Å². The van der Waals surface area contributed by atoms with Crippen molar-refractivity contribution in [3.05, 3.63) is 35.5 Å². The third-order valence-corrected chi connectivity index (χ3v) is 2.78. The van der Waals surface area contributed by atoms with E-state index >= 15 is 0 Å². The van der Waals surface area contributed by atoms with Gasteiger partial charge in [0.1, 0.15) is 0 Å². The molecule has 96 valence electrons.